The summed E-state index contributed by atoms with van der Waals surface area (Å²) in [6.07, 6.45) is 2.97. The van der Waals surface area contributed by atoms with E-state index in [1.54, 1.807) is 25.8 Å². The number of hydrogen-bond donors (Lipinski definition) is 4. The number of Topliss-reactive ketones (excluding diaryl/α,β-unsaturated/α-hetero) is 2. The number of rotatable bonds is 20. The first-order valence-electron chi connectivity index (χ1n) is 20.6. The van der Waals surface area contributed by atoms with Crippen LogP contribution in [0.3, 0.4) is 0 Å². The molecule has 15 heteroatoms. The molecule has 6 amide bonds. The molecule has 1 aliphatic carbocycles. The molecule has 5 atom stereocenters. The zero-order valence-electron chi connectivity index (χ0n) is 34.4. The Morgan fingerprint density at radius 1 is 0.895 bits per heavy atom. The molecule has 2 heterocycles. The summed E-state index contributed by atoms with van der Waals surface area (Å²) >= 11 is 0. The minimum atomic E-state index is -1.17. The van der Waals surface area contributed by atoms with Crippen molar-refractivity contribution in [2.24, 2.45) is 17.8 Å². The third kappa shape index (κ3) is 12.8. The molecule has 4 N–H and O–H groups in total. The molecule has 314 valence electrons. The first kappa shape index (κ1) is 44.9. The molecule has 4 rings (SSSR count). The van der Waals surface area contributed by atoms with Crippen LogP contribution in [-0.2, 0) is 51.3 Å². The Morgan fingerprint density at radius 2 is 1.58 bits per heavy atom. The van der Waals surface area contributed by atoms with E-state index in [-0.39, 0.29) is 55.9 Å². The summed E-state index contributed by atoms with van der Waals surface area (Å²) in [6.45, 7) is 9.66. The molecule has 1 saturated heterocycles. The van der Waals surface area contributed by atoms with Crippen molar-refractivity contribution in [2.75, 3.05) is 20.1 Å². The van der Waals surface area contributed by atoms with Gasteiger partial charge >= 0.3 is 6.09 Å². The van der Waals surface area contributed by atoms with Gasteiger partial charge in [0, 0.05) is 57.8 Å². The molecule has 0 spiro atoms. The first-order valence-corrected chi connectivity index (χ1v) is 20.6. The molecule has 4 unspecified atom stereocenters. The zero-order chi connectivity index (χ0) is 41.8. The van der Waals surface area contributed by atoms with Crippen LogP contribution in [0.15, 0.2) is 24.3 Å². The number of unbranched alkanes of at least 4 members (excludes halogenated alkanes) is 1. The van der Waals surface area contributed by atoms with Crippen LogP contribution < -0.4 is 21.3 Å². The Balaban J connectivity index is 1.50. The fourth-order valence-corrected chi connectivity index (χ4v) is 7.38. The van der Waals surface area contributed by atoms with Crippen molar-refractivity contribution < 1.29 is 43.1 Å². The van der Waals surface area contributed by atoms with Crippen molar-refractivity contribution in [1.82, 2.24) is 31.1 Å². The number of fused-ring (bicyclic) bond motifs is 1. The number of amides is 6. The fourth-order valence-electron chi connectivity index (χ4n) is 7.38. The molecular weight excluding hydrogens is 732 g/mol. The second-order valence-corrected chi connectivity index (χ2v) is 16.4. The predicted octanol–water partition coefficient (Wildman–Crippen LogP) is 2.96. The molecule has 2 aliphatic heterocycles. The number of benzene rings is 1. The van der Waals surface area contributed by atoms with Gasteiger partial charge in [-0.05, 0) is 61.5 Å². The van der Waals surface area contributed by atoms with Gasteiger partial charge in [0.15, 0.2) is 0 Å². The molecule has 1 saturated carbocycles. The summed E-state index contributed by atoms with van der Waals surface area (Å²) in [5.41, 5.74) is 2.16. The number of carbonyl (C=O) groups excluding carboxylic acids is 8. The van der Waals surface area contributed by atoms with Gasteiger partial charge < -0.3 is 35.8 Å². The van der Waals surface area contributed by atoms with Crippen molar-refractivity contribution in [1.29, 1.82) is 0 Å². The van der Waals surface area contributed by atoms with Crippen LogP contribution in [0, 0.1) is 17.8 Å². The maximum Gasteiger partial charge on any atom is 0.410 e. The summed E-state index contributed by atoms with van der Waals surface area (Å²) in [7, 11) is 1.56. The van der Waals surface area contributed by atoms with E-state index in [1.807, 2.05) is 45.0 Å². The SMILES string of the molecule is CCCC(NC(=O)C1CC(OC(=O)N2CCc3ccccc3C2)CN1C(=O)C(NC(=O)[C@@H](CC(=O)CCCCC(=O)NC)C(C)C)C(C)C)C(=O)C(=O)NC1CC1. The number of likely N-dealkylation sites (tertiary alicyclic amines) is 1. The largest absolute Gasteiger partial charge is 0.444 e. The van der Waals surface area contributed by atoms with Gasteiger partial charge in [0.1, 0.15) is 24.0 Å². The second-order valence-electron chi connectivity index (χ2n) is 16.4. The molecule has 15 nitrogen and oxygen atoms in total. The van der Waals surface area contributed by atoms with Gasteiger partial charge in [-0.25, -0.2) is 4.79 Å². The van der Waals surface area contributed by atoms with E-state index in [0.717, 1.165) is 24.0 Å². The molecule has 1 aromatic rings. The molecule has 1 aromatic carbocycles. The second kappa shape index (κ2) is 21.1. The van der Waals surface area contributed by atoms with Gasteiger partial charge in [0.05, 0.1) is 12.6 Å². The Labute approximate surface area is 336 Å². The lowest BCUT2D eigenvalue weighted by atomic mass is 9.88. The van der Waals surface area contributed by atoms with Gasteiger partial charge in [0.25, 0.3) is 5.91 Å². The number of nitrogens with one attached hydrogen (secondary N) is 4. The van der Waals surface area contributed by atoms with E-state index < -0.39 is 71.6 Å². The number of nitrogens with zero attached hydrogens (tertiary/aromatic N) is 2. The topological polar surface area (TPSA) is 200 Å². The van der Waals surface area contributed by atoms with Crippen LogP contribution in [0.25, 0.3) is 0 Å². The summed E-state index contributed by atoms with van der Waals surface area (Å²) in [4.78, 5) is 109. The minimum Gasteiger partial charge on any atom is -0.444 e. The van der Waals surface area contributed by atoms with Gasteiger partial charge in [-0.15, -0.1) is 0 Å². The van der Waals surface area contributed by atoms with Crippen LogP contribution in [0.4, 0.5) is 4.79 Å². The van der Waals surface area contributed by atoms with Crippen molar-refractivity contribution in [3.63, 3.8) is 0 Å². The van der Waals surface area contributed by atoms with Gasteiger partial charge in [0.2, 0.25) is 29.4 Å². The quantitative estimate of drug-likeness (QED) is 0.113. The third-order valence-corrected chi connectivity index (χ3v) is 11.1. The van der Waals surface area contributed by atoms with E-state index in [4.69, 9.17) is 4.74 Å². The van der Waals surface area contributed by atoms with E-state index in [0.29, 0.717) is 45.2 Å². The van der Waals surface area contributed by atoms with Gasteiger partial charge in [-0.3, -0.25) is 33.6 Å². The molecule has 0 bridgehead atoms. The lowest BCUT2D eigenvalue weighted by Crippen LogP contribution is -2.58. The Kier molecular flexibility index (Phi) is 16.6. The Bertz CT molecular complexity index is 1640. The average Bonchev–Trinajstić information content (AvgIpc) is 3.90. The smallest absolute Gasteiger partial charge is 0.410 e. The summed E-state index contributed by atoms with van der Waals surface area (Å²) in [5.74, 6) is -4.87. The normalized spacial score (nSPS) is 19.2. The monoisotopic (exact) mass is 794 g/mol. The Hall–Kier alpha value is -4.82. The third-order valence-electron chi connectivity index (χ3n) is 11.1. The van der Waals surface area contributed by atoms with Crippen LogP contribution in [0.2, 0.25) is 0 Å². The molecular formula is C42H62N6O9. The highest BCUT2D eigenvalue weighted by molar-refractivity contribution is 6.38. The van der Waals surface area contributed by atoms with Crippen LogP contribution in [0.1, 0.15) is 110 Å². The van der Waals surface area contributed by atoms with Crippen molar-refractivity contribution in [2.45, 2.75) is 142 Å². The summed E-state index contributed by atoms with van der Waals surface area (Å²) in [5, 5.41) is 10.8. The summed E-state index contributed by atoms with van der Waals surface area (Å²) < 4.78 is 5.95. The predicted molar refractivity (Wildman–Crippen MR) is 211 cm³/mol. The standard InChI is InChI=1S/C42H62N6O9/c1-7-12-33(37(51)40(54)44-29-17-18-29)45-39(53)34-22-31(57-42(56)47-20-19-27-13-8-9-14-28(27)23-47)24-48(34)41(55)36(26(4)5)46-38(52)32(25(2)3)21-30(49)15-10-11-16-35(50)43-6/h8-9,13-14,25-26,29,31-34,36H,7,10-12,15-24H2,1-6H3,(H,43,50)(H,44,54)(H,45,53)(H,46,52)/t31?,32-,33?,34?,36?/m0/s1. The Morgan fingerprint density at radius 3 is 2.21 bits per heavy atom. The molecule has 3 aliphatic rings. The first-order chi connectivity index (χ1) is 27.1. The van der Waals surface area contributed by atoms with Crippen molar-refractivity contribution >= 4 is 47.2 Å². The minimum absolute atomic E-state index is 0.0304. The number of ketones is 2. The van der Waals surface area contributed by atoms with Gasteiger partial charge in [-0.2, -0.15) is 0 Å². The maximum absolute atomic E-state index is 14.5. The fraction of sp³-hybridized carbons (Fsp3) is 0.667. The molecule has 57 heavy (non-hydrogen) atoms. The highest BCUT2D eigenvalue weighted by Crippen LogP contribution is 2.27. The lowest BCUT2D eigenvalue weighted by molar-refractivity contribution is -0.144. The average molecular weight is 795 g/mol. The van der Waals surface area contributed by atoms with E-state index in [2.05, 4.69) is 21.3 Å². The lowest BCUT2D eigenvalue weighted by Gasteiger charge is -2.32. The van der Waals surface area contributed by atoms with Crippen LogP contribution >= 0.6 is 0 Å². The summed E-state index contributed by atoms with van der Waals surface area (Å²) in [6, 6.07) is 4.40. The van der Waals surface area contributed by atoms with E-state index in [1.165, 1.54) is 4.90 Å². The molecule has 0 aromatic heterocycles. The number of carbonyl (C=O) groups is 8. The maximum atomic E-state index is 14.5. The molecule has 2 fully saturated rings. The van der Waals surface area contributed by atoms with Crippen molar-refractivity contribution in [3.05, 3.63) is 35.4 Å². The highest BCUT2D eigenvalue weighted by Gasteiger charge is 2.46. The number of hydrogen-bond acceptors (Lipinski definition) is 9. The van der Waals surface area contributed by atoms with E-state index in [9.17, 15) is 38.4 Å². The highest BCUT2D eigenvalue weighted by atomic mass is 16.6. The van der Waals surface area contributed by atoms with E-state index >= 15 is 0 Å². The zero-order valence-corrected chi connectivity index (χ0v) is 34.4. The van der Waals surface area contributed by atoms with Gasteiger partial charge in [-0.1, -0.05) is 65.3 Å². The van der Waals surface area contributed by atoms with Crippen LogP contribution in [-0.4, -0.2) is 107 Å². The molecule has 0 radical (unpaired) electrons. The van der Waals surface area contributed by atoms with Crippen molar-refractivity contribution in [3.8, 4) is 0 Å². The van der Waals surface area contributed by atoms with Crippen LogP contribution in [0.5, 0.6) is 0 Å². The number of ether oxygens (including phenoxy) is 1.